The second-order valence-electron chi connectivity index (χ2n) is 7.01. The van der Waals surface area contributed by atoms with Crippen molar-refractivity contribution in [3.8, 4) is 0 Å². The average molecular weight is 345 g/mol. The van der Waals surface area contributed by atoms with E-state index >= 15 is 0 Å². The second kappa shape index (κ2) is 5.30. The van der Waals surface area contributed by atoms with E-state index < -0.39 is 0 Å². The maximum absolute atomic E-state index is 12.9. The third kappa shape index (κ3) is 2.47. The molecular formula is C18H20N2OS2. The number of nitrogens with two attached hydrogens (primary N) is 1. The van der Waals surface area contributed by atoms with E-state index in [1.807, 2.05) is 4.90 Å². The Kier molecular flexibility index (Phi) is 3.48. The quantitative estimate of drug-likeness (QED) is 0.715. The fraction of sp³-hybridized carbons (Fsp3) is 0.389. The number of benzene rings is 1. The molecule has 0 bridgehead atoms. The Labute approximate surface area is 143 Å². The first-order valence-electron chi connectivity index (χ1n) is 7.92. The number of piperidine rings is 1. The van der Waals surface area contributed by atoms with Gasteiger partial charge in [0.1, 0.15) is 0 Å². The topological polar surface area (TPSA) is 46.3 Å². The predicted octanol–water partition coefficient (Wildman–Crippen LogP) is 4.32. The van der Waals surface area contributed by atoms with Crippen molar-refractivity contribution < 1.29 is 4.79 Å². The molecule has 1 saturated heterocycles. The Morgan fingerprint density at radius 1 is 1.26 bits per heavy atom. The summed E-state index contributed by atoms with van der Waals surface area (Å²) in [6.07, 6.45) is 0.876. The van der Waals surface area contributed by atoms with E-state index in [0.717, 1.165) is 24.4 Å². The monoisotopic (exact) mass is 344 g/mol. The molecule has 3 nitrogen and oxygen atoms in total. The van der Waals surface area contributed by atoms with Crippen LogP contribution in [0.3, 0.4) is 0 Å². The molecule has 5 heteroatoms. The van der Waals surface area contributed by atoms with Crippen LogP contribution in [0, 0.1) is 5.41 Å². The number of carbonyl (C=O) groups is 1. The molecule has 1 atom stereocenters. The summed E-state index contributed by atoms with van der Waals surface area (Å²) in [5, 5.41) is 1.26. The highest BCUT2D eigenvalue weighted by molar-refractivity contribution is 7.33. The van der Waals surface area contributed by atoms with E-state index in [1.54, 1.807) is 22.7 Å². The van der Waals surface area contributed by atoms with Crippen molar-refractivity contribution in [1.82, 2.24) is 4.90 Å². The number of amides is 1. The summed E-state index contributed by atoms with van der Waals surface area (Å²) < 4.78 is 3.74. The van der Waals surface area contributed by atoms with Crippen LogP contribution in [0.4, 0.5) is 0 Å². The van der Waals surface area contributed by atoms with E-state index in [0.29, 0.717) is 0 Å². The molecule has 3 heterocycles. The zero-order valence-electron chi connectivity index (χ0n) is 13.3. The molecule has 1 unspecified atom stereocenters. The van der Waals surface area contributed by atoms with Gasteiger partial charge in [-0.25, -0.2) is 0 Å². The van der Waals surface area contributed by atoms with Gasteiger partial charge in [-0.15, -0.1) is 22.7 Å². The molecule has 3 aromatic rings. The van der Waals surface area contributed by atoms with Crippen LogP contribution in [0.1, 0.15) is 29.9 Å². The number of carbonyl (C=O) groups excluding carboxylic acids is 1. The molecule has 1 amide bonds. The molecule has 2 N–H and O–H groups in total. The highest BCUT2D eigenvalue weighted by atomic mass is 32.1. The van der Waals surface area contributed by atoms with Gasteiger partial charge in [-0.1, -0.05) is 32.0 Å². The Bertz CT molecular complexity index is 893. The highest BCUT2D eigenvalue weighted by Gasteiger charge is 2.36. The lowest BCUT2D eigenvalue weighted by Crippen LogP contribution is -2.53. The minimum absolute atomic E-state index is 0.0186. The van der Waals surface area contributed by atoms with Crippen molar-refractivity contribution in [2.45, 2.75) is 26.3 Å². The van der Waals surface area contributed by atoms with Crippen molar-refractivity contribution in [2.24, 2.45) is 11.1 Å². The lowest BCUT2D eigenvalue weighted by atomic mass is 9.79. The summed E-state index contributed by atoms with van der Waals surface area (Å²) >= 11 is 3.39. The zero-order valence-corrected chi connectivity index (χ0v) is 15.0. The molecule has 1 aliphatic heterocycles. The van der Waals surface area contributed by atoms with E-state index in [9.17, 15) is 4.79 Å². The normalized spacial score (nSPS) is 21.2. The predicted molar refractivity (Wildman–Crippen MR) is 99.5 cm³/mol. The second-order valence-corrected chi connectivity index (χ2v) is 9.15. The minimum Gasteiger partial charge on any atom is -0.337 e. The van der Waals surface area contributed by atoms with Crippen LogP contribution in [-0.4, -0.2) is 29.9 Å². The molecule has 0 saturated carbocycles. The number of hydrogen-bond acceptors (Lipinski definition) is 4. The fourth-order valence-corrected chi connectivity index (χ4v) is 5.80. The molecule has 0 radical (unpaired) electrons. The van der Waals surface area contributed by atoms with Gasteiger partial charge in [0.25, 0.3) is 5.91 Å². The van der Waals surface area contributed by atoms with Crippen LogP contribution in [0.2, 0.25) is 0 Å². The molecule has 4 rings (SSSR count). The van der Waals surface area contributed by atoms with Crippen molar-refractivity contribution in [1.29, 1.82) is 0 Å². The fourth-order valence-electron chi connectivity index (χ4n) is 3.31. The summed E-state index contributed by atoms with van der Waals surface area (Å²) in [5.74, 6) is 0.155. The zero-order chi connectivity index (χ0) is 16.2. The number of likely N-dealkylation sites (tertiary alicyclic amines) is 1. The number of fused-ring (bicyclic) bond motifs is 3. The summed E-state index contributed by atoms with van der Waals surface area (Å²) in [7, 11) is 0. The molecule has 1 aliphatic rings. The van der Waals surface area contributed by atoms with Gasteiger partial charge >= 0.3 is 0 Å². The minimum atomic E-state index is -0.0186. The van der Waals surface area contributed by atoms with Crippen LogP contribution in [-0.2, 0) is 0 Å². The lowest BCUT2D eigenvalue weighted by molar-refractivity contribution is 0.0538. The smallest absolute Gasteiger partial charge is 0.264 e. The van der Waals surface area contributed by atoms with Gasteiger partial charge < -0.3 is 10.6 Å². The lowest BCUT2D eigenvalue weighted by Gasteiger charge is -2.42. The SMILES string of the molecule is CC1(C)CN(C(=O)c2cc3sc4ccccc4c3s2)CCC1N. The van der Waals surface area contributed by atoms with E-state index in [4.69, 9.17) is 5.73 Å². The van der Waals surface area contributed by atoms with Crippen molar-refractivity contribution in [3.63, 3.8) is 0 Å². The summed E-state index contributed by atoms with van der Waals surface area (Å²) in [5.41, 5.74) is 6.17. The number of rotatable bonds is 1. The number of nitrogens with zero attached hydrogens (tertiary/aromatic N) is 1. The Morgan fingerprint density at radius 2 is 2.04 bits per heavy atom. The summed E-state index contributed by atoms with van der Waals surface area (Å²) in [4.78, 5) is 15.7. The molecule has 0 spiro atoms. The summed E-state index contributed by atoms with van der Waals surface area (Å²) in [6.45, 7) is 5.80. The molecule has 0 aliphatic carbocycles. The number of thiophene rings is 2. The highest BCUT2D eigenvalue weighted by Crippen LogP contribution is 2.40. The molecule has 1 fully saturated rings. The van der Waals surface area contributed by atoms with E-state index in [2.05, 4.69) is 44.2 Å². The first kappa shape index (κ1) is 15.1. The van der Waals surface area contributed by atoms with E-state index in [-0.39, 0.29) is 17.4 Å². The van der Waals surface area contributed by atoms with Gasteiger partial charge in [0.15, 0.2) is 0 Å². The van der Waals surface area contributed by atoms with Crippen molar-refractivity contribution in [2.75, 3.05) is 13.1 Å². The van der Waals surface area contributed by atoms with Crippen LogP contribution in [0.15, 0.2) is 30.3 Å². The van der Waals surface area contributed by atoms with Gasteiger partial charge in [-0.3, -0.25) is 4.79 Å². The maximum atomic E-state index is 12.9. The average Bonchev–Trinajstić information content (AvgIpc) is 3.07. The van der Waals surface area contributed by atoms with E-state index in [1.165, 1.54) is 19.5 Å². The third-order valence-electron chi connectivity index (χ3n) is 4.86. The van der Waals surface area contributed by atoms with Gasteiger partial charge in [0.05, 0.1) is 9.58 Å². The molecule has 2 aromatic heterocycles. The standard InChI is InChI=1S/C18H20N2OS2/c1-18(2)10-20(8-7-15(18)19)17(21)14-9-13-16(23-14)11-5-3-4-6-12(11)22-13/h3-6,9,15H,7-8,10,19H2,1-2H3. The Hall–Kier alpha value is -1.43. The maximum Gasteiger partial charge on any atom is 0.264 e. The van der Waals surface area contributed by atoms with Gasteiger partial charge in [-0.05, 0) is 24.0 Å². The van der Waals surface area contributed by atoms with Crippen molar-refractivity contribution >= 4 is 48.1 Å². The third-order valence-corrected chi connectivity index (χ3v) is 7.26. The number of hydrogen-bond donors (Lipinski definition) is 1. The van der Waals surface area contributed by atoms with Gasteiger partial charge in [0, 0.05) is 33.9 Å². The largest absolute Gasteiger partial charge is 0.337 e. The first-order valence-corrected chi connectivity index (χ1v) is 9.55. The molecule has 23 heavy (non-hydrogen) atoms. The van der Waals surface area contributed by atoms with Crippen LogP contribution >= 0.6 is 22.7 Å². The molecule has 1 aromatic carbocycles. The Morgan fingerprint density at radius 3 is 2.83 bits per heavy atom. The van der Waals surface area contributed by atoms with Crippen LogP contribution in [0.25, 0.3) is 19.5 Å². The van der Waals surface area contributed by atoms with Crippen LogP contribution in [0.5, 0.6) is 0 Å². The van der Waals surface area contributed by atoms with Crippen LogP contribution < -0.4 is 5.73 Å². The molecule has 120 valence electrons. The first-order chi connectivity index (χ1) is 11.0. The summed E-state index contributed by atoms with van der Waals surface area (Å²) in [6, 6.07) is 10.6. The molecular weight excluding hydrogens is 324 g/mol. The van der Waals surface area contributed by atoms with Gasteiger partial charge in [0.2, 0.25) is 0 Å². The van der Waals surface area contributed by atoms with Crippen molar-refractivity contribution in [3.05, 3.63) is 35.2 Å². The Balaban J connectivity index is 1.67. The van der Waals surface area contributed by atoms with Gasteiger partial charge in [-0.2, -0.15) is 0 Å².